The largest absolute Gasteiger partial charge is 0.283 e. The van der Waals surface area contributed by atoms with Gasteiger partial charge in [0.05, 0.1) is 8.22 Å². The second-order valence-electron chi connectivity index (χ2n) is 9.99. The molecule has 0 amide bonds. The number of benzene rings is 3. The van der Waals surface area contributed by atoms with Crippen molar-refractivity contribution in [1.82, 2.24) is 8.67 Å². The summed E-state index contributed by atoms with van der Waals surface area (Å²) in [6, 6.07) is 33.7. The molecule has 30 heavy (non-hydrogen) atoms. The van der Waals surface area contributed by atoms with Crippen LogP contribution in [-0.2, 0) is 0 Å². The van der Waals surface area contributed by atoms with Gasteiger partial charge in [0.2, 0.25) is 0 Å². The van der Waals surface area contributed by atoms with E-state index in [1.807, 2.05) is 0 Å². The highest BCUT2D eigenvalue weighted by molar-refractivity contribution is 7.70. The Kier molecular flexibility index (Phi) is 5.53. The van der Waals surface area contributed by atoms with Gasteiger partial charge in [0.25, 0.3) is 8.40 Å². The molecule has 0 saturated carbocycles. The number of hydrogen-bond acceptors (Lipinski definition) is 2. The lowest BCUT2D eigenvalue weighted by atomic mass is 10.1. The highest BCUT2D eigenvalue weighted by Crippen LogP contribution is 2.65. The normalized spacial score (nSPS) is 18.2. The zero-order valence-electron chi connectivity index (χ0n) is 19.0. The fraction of sp³-hybridized carbons (Fsp3) is 0.308. The third-order valence-corrected chi connectivity index (χ3v) is 16.0. The molecule has 1 saturated heterocycles. The van der Waals surface area contributed by atoms with Gasteiger partial charge in [0.1, 0.15) is 0 Å². The molecule has 0 aliphatic carbocycles. The van der Waals surface area contributed by atoms with Crippen molar-refractivity contribution in [3.8, 4) is 0 Å². The monoisotopic (exact) mass is 432 g/mol. The molecule has 3 aromatic carbocycles. The van der Waals surface area contributed by atoms with Crippen LogP contribution in [0.2, 0.25) is 0 Å². The molecule has 0 atom stereocenters. The molecular formula is C26H33N2PSi. The van der Waals surface area contributed by atoms with Gasteiger partial charge in [-0.15, -0.1) is 0 Å². The van der Waals surface area contributed by atoms with Gasteiger partial charge >= 0.3 is 0 Å². The van der Waals surface area contributed by atoms with Crippen LogP contribution in [0.5, 0.6) is 0 Å². The first-order valence-corrected chi connectivity index (χ1v) is 13.9. The van der Waals surface area contributed by atoms with E-state index in [1.54, 1.807) is 0 Å². The Morgan fingerprint density at radius 3 is 1.20 bits per heavy atom. The minimum Gasteiger partial charge on any atom is -0.262 e. The van der Waals surface area contributed by atoms with E-state index in [4.69, 9.17) is 0 Å². The average Bonchev–Trinajstić information content (AvgIpc) is 2.68. The highest BCUT2D eigenvalue weighted by atomic mass is 31.1. The summed E-state index contributed by atoms with van der Waals surface area (Å²) in [7, 11) is -2.98. The molecule has 4 rings (SSSR count). The Labute approximate surface area is 184 Å². The van der Waals surface area contributed by atoms with E-state index in [2.05, 4.69) is 141 Å². The summed E-state index contributed by atoms with van der Waals surface area (Å²) in [6.07, 6.45) is 0. The smallest absolute Gasteiger partial charge is 0.262 e. The van der Waals surface area contributed by atoms with Crippen LogP contribution in [0.4, 0.5) is 0 Å². The molecule has 0 N–H and O–H groups in total. The van der Waals surface area contributed by atoms with Crippen LogP contribution >= 0.6 is 8.22 Å². The molecule has 2 nitrogen and oxygen atoms in total. The Balaban J connectivity index is 2.06. The lowest BCUT2D eigenvalue weighted by molar-refractivity contribution is 0.251. The number of nitrogens with zero attached hydrogens (tertiary/aromatic N) is 2. The molecule has 3 aromatic rings. The molecule has 0 spiro atoms. The lowest BCUT2D eigenvalue weighted by Crippen LogP contribution is -2.90. The Morgan fingerprint density at radius 2 is 0.867 bits per heavy atom. The summed E-state index contributed by atoms with van der Waals surface area (Å²) < 4.78 is 5.81. The van der Waals surface area contributed by atoms with E-state index in [-0.39, 0.29) is 11.1 Å². The maximum Gasteiger partial charge on any atom is 0.283 e. The Bertz CT molecular complexity index is 915. The van der Waals surface area contributed by atoms with E-state index in [0.717, 1.165) is 0 Å². The minimum atomic E-state index is -2.38. The van der Waals surface area contributed by atoms with Crippen molar-refractivity contribution in [1.29, 1.82) is 0 Å². The van der Waals surface area contributed by atoms with Crippen molar-refractivity contribution in [3.63, 3.8) is 0 Å². The zero-order valence-corrected chi connectivity index (χ0v) is 20.9. The SMILES string of the molecule is CC(C)(C)N1P(c2ccccc2)N(C(C)(C)C)[Si]1(c1ccccc1)c1ccccc1. The first-order valence-electron chi connectivity index (χ1n) is 10.8. The van der Waals surface area contributed by atoms with Crippen molar-refractivity contribution in [3.05, 3.63) is 91.0 Å². The first kappa shape index (κ1) is 21.5. The zero-order chi connectivity index (χ0) is 21.6. The molecule has 1 heterocycles. The molecule has 0 radical (unpaired) electrons. The third kappa shape index (κ3) is 3.38. The van der Waals surface area contributed by atoms with E-state index >= 15 is 0 Å². The van der Waals surface area contributed by atoms with Crippen LogP contribution in [0.15, 0.2) is 91.0 Å². The van der Waals surface area contributed by atoms with Gasteiger partial charge in [-0.1, -0.05) is 91.0 Å². The second-order valence-corrected chi connectivity index (χ2v) is 16.0. The molecule has 4 heteroatoms. The van der Waals surface area contributed by atoms with Gasteiger partial charge in [-0.2, -0.15) is 0 Å². The van der Waals surface area contributed by atoms with Crippen molar-refractivity contribution in [2.24, 2.45) is 0 Å². The number of hydrogen-bond donors (Lipinski definition) is 0. The molecule has 1 aliphatic rings. The van der Waals surface area contributed by atoms with Crippen molar-refractivity contribution >= 4 is 32.3 Å². The van der Waals surface area contributed by atoms with Gasteiger partial charge in [-0.3, -0.25) is 8.67 Å². The molecule has 156 valence electrons. The maximum absolute atomic E-state index is 2.90. The average molecular weight is 433 g/mol. The van der Waals surface area contributed by atoms with E-state index in [0.29, 0.717) is 0 Å². The minimum absolute atomic E-state index is 0.0429. The molecular weight excluding hydrogens is 399 g/mol. The quantitative estimate of drug-likeness (QED) is 0.420. The summed E-state index contributed by atoms with van der Waals surface area (Å²) in [6.45, 7) is 14.3. The Hall–Kier alpha value is -1.77. The molecule has 0 aromatic heterocycles. The van der Waals surface area contributed by atoms with Gasteiger partial charge in [0.15, 0.2) is 0 Å². The maximum atomic E-state index is 2.90. The molecule has 1 fully saturated rings. The van der Waals surface area contributed by atoms with Crippen molar-refractivity contribution in [2.75, 3.05) is 0 Å². The topological polar surface area (TPSA) is 6.48 Å². The predicted octanol–water partition coefficient (Wildman–Crippen LogP) is 5.10. The van der Waals surface area contributed by atoms with Crippen LogP contribution in [0.25, 0.3) is 0 Å². The second kappa shape index (κ2) is 7.73. The van der Waals surface area contributed by atoms with Gasteiger partial charge in [0, 0.05) is 16.4 Å². The van der Waals surface area contributed by atoms with E-state index in [1.165, 1.54) is 15.7 Å². The lowest BCUT2D eigenvalue weighted by Gasteiger charge is -2.72. The highest BCUT2D eigenvalue weighted by Gasteiger charge is 2.69. The molecule has 1 aliphatic heterocycles. The van der Waals surface area contributed by atoms with Crippen molar-refractivity contribution in [2.45, 2.75) is 52.6 Å². The van der Waals surface area contributed by atoms with Crippen LogP contribution < -0.4 is 15.7 Å². The standard InChI is InChI=1S/C26H33N2PSi/c1-25(2,3)27-29(22-16-10-7-11-17-22)28(26(4,5)6)30(27,23-18-12-8-13-19-23)24-20-14-9-15-21-24/h7-21H,1-6H3. The van der Waals surface area contributed by atoms with Crippen LogP contribution in [-0.4, -0.2) is 28.1 Å². The van der Waals surface area contributed by atoms with Crippen molar-refractivity contribution < 1.29 is 0 Å². The fourth-order valence-electron chi connectivity index (χ4n) is 4.74. The predicted molar refractivity (Wildman–Crippen MR) is 134 cm³/mol. The molecule has 0 bridgehead atoms. The van der Waals surface area contributed by atoms with E-state index in [9.17, 15) is 0 Å². The third-order valence-electron chi connectivity index (χ3n) is 5.60. The van der Waals surface area contributed by atoms with Crippen LogP contribution in [0.1, 0.15) is 41.5 Å². The van der Waals surface area contributed by atoms with Crippen LogP contribution in [0, 0.1) is 0 Å². The van der Waals surface area contributed by atoms with Gasteiger partial charge < -0.3 is 0 Å². The number of rotatable bonds is 3. The first-order chi connectivity index (χ1) is 14.2. The molecule has 0 unspecified atom stereocenters. The Morgan fingerprint density at radius 1 is 0.533 bits per heavy atom. The van der Waals surface area contributed by atoms with Crippen LogP contribution in [0.3, 0.4) is 0 Å². The fourth-order valence-corrected chi connectivity index (χ4v) is 16.5. The summed E-state index contributed by atoms with van der Waals surface area (Å²) in [5.41, 5.74) is 0.0857. The van der Waals surface area contributed by atoms with Gasteiger partial charge in [-0.05, 0) is 51.9 Å². The van der Waals surface area contributed by atoms with Gasteiger partial charge in [-0.25, -0.2) is 0 Å². The summed E-state index contributed by atoms with van der Waals surface area (Å²) in [4.78, 5) is 0. The van der Waals surface area contributed by atoms with E-state index < -0.39 is 16.6 Å². The summed E-state index contributed by atoms with van der Waals surface area (Å²) >= 11 is 0. The summed E-state index contributed by atoms with van der Waals surface area (Å²) in [5.74, 6) is 0. The summed E-state index contributed by atoms with van der Waals surface area (Å²) in [5, 5.41) is 4.37.